The van der Waals surface area contributed by atoms with Crippen LogP contribution in [-0.2, 0) is 10.4 Å². The Bertz CT molecular complexity index is 811. The van der Waals surface area contributed by atoms with Crippen LogP contribution in [0.3, 0.4) is 0 Å². The molecule has 0 bridgehead atoms. The summed E-state index contributed by atoms with van der Waals surface area (Å²) >= 11 is 0. The summed E-state index contributed by atoms with van der Waals surface area (Å²) in [6.45, 7) is 5.65. The van der Waals surface area contributed by atoms with Crippen molar-refractivity contribution >= 4 is 20.8 Å². The summed E-state index contributed by atoms with van der Waals surface area (Å²) in [5.74, 6) is 0.296. The van der Waals surface area contributed by atoms with Gasteiger partial charge in [0.15, 0.2) is 5.78 Å². The fraction of sp³-hybridized carbons (Fsp3) is 0.286. The Hall–Kier alpha value is -1.96. The van der Waals surface area contributed by atoms with Crippen molar-refractivity contribution in [2.24, 2.45) is 11.8 Å². The van der Waals surface area contributed by atoms with Gasteiger partial charge >= 0.3 is 0 Å². The molecule has 0 saturated carbocycles. The third-order valence-corrected chi connectivity index (χ3v) is 5.71. The fourth-order valence-corrected chi connectivity index (χ4v) is 3.96. The summed E-state index contributed by atoms with van der Waals surface area (Å²) in [6.07, 6.45) is 0. The number of hydrogen-bond acceptors (Lipinski definition) is 3. The first kappa shape index (κ1) is 17.8. The van der Waals surface area contributed by atoms with Crippen LogP contribution in [0.4, 0.5) is 0 Å². The third-order valence-electron chi connectivity index (χ3n) is 5.44. The Morgan fingerprint density at radius 1 is 1.04 bits per heavy atom. The van der Waals surface area contributed by atoms with Gasteiger partial charge in [0.1, 0.15) is 11.4 Å². The standard InChI is InChI=1S/C21H23O3P/c1-13-15(3)21(23,17-9-11-18(24-25)12-10-17)19(14(2)20(13)22)16-7-5-4-6-8-16/h4-13,15,23H,25H2,1-3H3. The van der Waals surface area contributed by atoms with Crippen LogP contribution in [0.15, 0.2) is 60.2 Å². The number of ketones is 1. The summed E-state index contributed by atoms with van der Waals surface area (Å²) in [7, 11) is 2.22. The van der Waals surface area contributed by atoms with Crippen LogP contribution in [-0.4, -0.2) is 10.9 Å². The first-order valence-electron chi connectivity index (χ1n) is 8.41. The summed E-state index contributed by atoms with van der Waals surface area (Å²) in [5.41, 5.74) is 1.73. The molecule has 1 N–H and O–H groups in total. The van der Waals surface area contributed by atoms with E-state index in [1.54, 1.807) is 0 Å². The molecule has 2 aromatic carbocycles. The molecule has 0 radical (unpaired) electrons. The zero-order valence-corrected chi connectivity index (χ0v) is 15.8. The van der Waals surface area contributed by atoms with E-state index in [0.29, 0.717) is 16.9 Å². The van der Waals surface area contributed by atoms with Crippen LogP contribution in [0.2, 0.25) is 0 Å². The molecular formula is C21H23O3P. The minimum Gasteiger partial charge on any atom is -0.480 e. The second kappa shape index (κ2) is 6.74. The van der Waals surface area contributed by atoms with Gasteiger partial charge in [-0.05, 0) is 35.8 Å². The van der Waals surface area contributed by atoms with Crippen molar-refractivity contribution in [2.45, 2.75) is 26.4 Å². The quantitative estimate of drug-likeness (QED) is 0.833. The van der Waals surface area contributed by atoms with E-state index in [4.69, 9.17) is 4.52 Å². The van der Waals surface area contributed by atoms with Crippen molar-refractivity contribution in [1.82, 2.24) is 0 Å². The number of Topliss-reactive ketones (excluding diaryl/α,β-unsaturated/α-hetero) is 1. The highest BCUT2D eigenvalue weighted by atomic mass is 31.0. The predicted molar refractivity (Wildman–Crippen MR) is 103 cm³/mol. The largest absolute Gasteiger partial charge is 0.480 e. The Balaban J connectivity index is 2.26. The Morgan fingerprint density at radius 3 is 2.20 bits per heavy atom. The number of rotatable bonds is 3. The minimum atomic E-state index is -1.24. The fourth-order valence-electron chi connectivity index (χ4n) is 3.80. The van der Waals surface area contributed by atoms with Gasteiger partial charge in [-0.3, -0.25) is 4.79 Å². The zero-order valence-electron chi connectivity index (χ0n) is 14.7. The SMILES string of the molecule is CC1=C(c2ccccc2)C(O)(c2ccc(OP)cc2)C(C)C(C)C1=O. The van der Waals surface area contributed by atoms with E-state index in [2.05, 4.69) is 9.47 Å². The Morgan fingerprint density at radius 2 is 1.64 bits per heavy atom. The summed E-state index contributed by atoms with van der Waals surface area (Å²) in [5, 5.41) is 11.9. The van der Waals surface area contributed by atoms with E-state index in [-0.39, 0.29) is 17.6 Å². The molecular weight excluding hydrogens is 331 g/mol. The van der Waals surface area contributed by atoms with Crippen LogP contribution < -0.4 is 4.52 Å². The molecule has 1 aliphatic carbocycles. The normalized spacial score (nSPS) is 26.7. The first-order chi connectivity index (χ1) is 11.9. The van der Waals surface area contributed by atoms with Gasteiger partial charge in [-0.15, -0.1) is 0 Å². The van der Waals surface area contributed by atoms with Gasteiger partial charge in [0, 0.05) is 17.4 Å². The number of carbonyl (C=O) groups excluding carboxylic acids is 1. The number of benzene rings is 2. The van der Waals surface area contributed by atoms with Crippen LogP contribution >= 0.6 is 9.47 Å². The second-order valence-electron chi connectivity index (χ2n) is 6.72. The van der Waals surface area contributed by atoms with Gasteiger partial charge < -0.3 is 9.63 Å². The average Bonchev–Trinajstić information content (AvgIpc) is 2.66. The number of carbonyl (C=O) groups is 1. The highest BCUT2D eigenvalue weighted by molar-refractivity contribution is 7.10. The number of hydrogen-bond donors (Lipinski definition) is 1. The molecule has 3 nitrogen and oxygen atoms in total. The van der Waals surface area contributed by atoms with Crippen LogP contribution in [0.1, 0.15) is 31.9 Å². The minimum absolute atomic E-state index is 0.0981. The van der Waals surface area contributed by atoms with Crippen molar-refractivity contribution in [3.8, 4) is 5.75 Å². The Labute approximate surface area is 151 Å². The van der Waals surface area contributed by atoms with Crippen molar-refractivity contribution < 1.29 is 14.4 Å². The monoisotopic (exact) mass is 354 g/mol. The van der Waals surface area contributed by atoms with Crippen molar-refractivity contribution in [3.05, 3.63) is 71.3 Å². The van der Waals surface area contributed by atoms with Crippen LogP contribution in [0.5, 0.6) is 5.75 Å². The molecule has 0 spiro atoms. The van der Waals surface area contributed by atoms with E-state index in [9.17, 15) is 9.90 Å². The van der Waals surface area contributed by atoms with E-state index >= 15 is 0 Å². The molecule has 130 valence electrons. The molecule has 2 aromatic rings. The predicted octanol–water partition coefficient (Wildman–Crippen LogP) is 4.37. The molecule has 0 aliphatic heterocycles. The highest BCUT2D eigenvalue weighted by Gasteiger charge is 2.49. The molecule has 3 rings (SSSR count). The third kappa shape index (κ3) is 2.82. The van der Waals surface area contributed by atoms with Gasteiger partial charge in [0.2, 0.25) is 0 Å². The van der Waals surface area contributed by atoms with Gasteiger partial charge in [-0.2, -0.15) is 0 Å². The average molecular weight is 354 g/mol. The maximum absolute atomic E-state index is 12.7. The molecule has 4 atom stereocenters. The smallest absolute Gasteiger partial charge is 0.162 e. The van der Waals surface area contributed by atoms with Crippen LogP contribution in [0.25, 0.3) is 5.57 Å². The number of aliphatic hydroxyl groups is 1. The van der Waals surface area contributed by atoms with Crippen molar-refractivity contribution in [1.29, 1.82) is 0 Å². The van der Waals surface area contributed by atoms with Gasteiger partial charge in [-0.25, -0.2) is 0 Å². The van der Waals surface area contributed by atoms with Crippen LogP contribution in [0, 0.1) is 11.8 Å². The molecule has 0 amide bonds. The first-order valence-corrected chi connectivity index (χ1v) is 8.89. The van der Waals surface area contributed by atoms with Gasteiger partial charge in [-0.1, -0.05) is 56.3 Å². The highest BCUT2D eigenvalue weighted by Crippen LogP contribution is 2.50. The lowest BCUT2D eigenvalue weighted by Crippen LogP contribution is -2.45. The maximum atomic E-state index is 12.7. The van der Waals surface area contributed by atoms with Crippen molar-refractivity contribution in [2.75, 3.05) is 0 Å². The zero-order chi connectivity index (χ0) is 18.2. The molecule has 0 saturated heterocycles. The lowest BCUT2D eigenvalue weighted by Gasteiger charge is -2.44. The second-order valence-corrected chi connectivity index (χ2v) is 6.95. The van der Waals surface area contributed by atoms with E-state index in [1.165, 1.54) is 0 Å². The topological polar surface area (TPSA) is 46.5 Å². The van der Waals surface area contributed by atoms with E-state index < -0.39 is 5.60 Å². The molecule has 1 aliphatic rings. The van der Waals surface area contributed by atoms with Crippen molar-refractivity contribution in [3.63, 3.8) is 0 Å². The molecule has 0 fully saturated rings. The van der Waals surface area contributed by atoms with Gasteiger partial charge in [0.25, 0.3) is 0 Å². The molecule has 4 heteroatoms. The molecule has 25 heavy (non-hydrogen) atoms. The lowest BCUT2D eigenvalue weighted by atomic mass is 9.62. The Kier molecular flexibility index (Phi) is 4.81. The van der Waals surface area contributed by atoms with E-state index in [0.717, 1.165) is 11.1 Å². The van der Waals surface area contributed by atoms with E-state index in [1.807, 2.05) is 75.4 Å². The summed E-state index contributed by atoms with van der Waals surface area (Å²) in [4.78, 5) is 12.7. The summed E-state index contributed by atoms with van der Waals surface area (Å²) < 4.78 is 5.16. The number of allylic oxidation sites excluding steroid dienone is 1. The lowest BCUT2D eigenvalue weighted by molar-refractivity contribution is -0.124. The summed E-state index contributed by atoms with van der Waals surface area (Å²) in [6, 6.07) is 17.1. The maximum Gasteiger partial charge on any atom is 0.162 e. The molecule has 4 unspecified atom stereocenters. The molecule has 0 aromatic heterocycles. The van der Waals surface area contributed by atoms with Gasteiger partial charge in [0.05, 0.1) is 9.47 Å². The molecule has 0 heterocycles.